The summed E-state index contributed by atoms with van der Waals surface area (Å²) >= 11 is 1.96. The van der Waals surface area contributed by atoms with E-state index < -0.39 is 0 Å². The lowest BCUT2D eigenvalue weighted by Crippen LogP contribution is -2.37. The number of hydrogen-bond acceptors (Lipinski definition) is 4. The van der Waals surface area contributed by atoms with Gasteiger partial charge in [-0.1, -0.05) is 6.92 Å². The fourth-order valence-electron chi connectivity index (χ4n) is 1.33. The molecular weight excluding hydrogens is 198 g/mol. The van der Waals surface area contributed by atoms with Crippen LogP contribution >= 0.6 is 11.8 Å². The lowest BCUT2D eigenvalue weighted by molar-refractivity contribution is -0.0809. The van der Waals surface area contributed by atoms with Crippen molar-refractivity contribution in [2.45, 2.75) is 38.6 Å². The Hall–Kier alpha value is 0.230. The molecule has 14 heavy (non-hydrogen) atoms. The van der Waals surface area contributed by atoms with E-state index in [0.717, 1.165) is 12.2 Å². The van der Waals surface area contributed by atoms with Gasteiger partial charge >= 0.3 is 0 Å². The van der Waals surface area contributed by atoms with Gasteiger partial charge in [-0.05, 0) is 24.9 Å². The molecule has 1 aliphatic rings. The zero-order valence-electron chi connectivity index (χ0n) is 9.12. The van der Waals surface area contributed by atoms with E-state index in [0.29, 0.717) is 13.2 Å². The Kier molecular flexibility index (Phi) is 5.23. The van der Waals surface area contributed by atoms with Crippen molar-refractivity contribution in [2.75, 3.05) is 24.7 Å². The van der Waals surface area contributed by atoms with Crippen LogP contribution in [0.2, 0.25) is 0 Å². The van der Waals surface area contributed by atoms with Crippen LogP contribution in [0.1, 0.15) is 26.7 Å². The Bertz CT molecular complexity index is 168. The van der Waals surface area contributed by atoms with E-state index in [1.165, 1.54) is 12.2 Å². The summed E-state index contributed by atoms with van der Waals surface area (Å²) in [5.41, 5.74) is 5.35. The van der Waals surface area contributed by atoms with Gasteiger partial charge in [-0.2, -0.15) is 11.8 Å². The number of hydrogen-bond donors (Lipinski definition) is 1. The predicted molar refractivity (Wildman–Crippen MR) is 60.5 cm³/mol. The molecule has 0 aromatic carbocycles. The smallest absolute Gasteiger partial charge is 0.159 e. The summed E-state index contributed by atoms with van der Waals surface area (Å²) in [5, 5.41) is 0. The average Bonchev–Trinajstić information content (AvgIpc) is 2.56. The van der Waals surface area contributed by atoms with E-state index in [1.807, 2.05) is 18.7 Å². The van der Waals surface area contributed by atoms with Gasteiger partial charge in [0.2, 0.25) is 0 Å². The van der Waals surface area contributed by atoms with Crippen LogP contribution in [0, 0.1) is 0 Å². The first-order valence-corrected chi connectivity index (χ1v) is 6.43. The van der Waals surface area contributed by atoms with Gasteiger partial charge in [-0.3, -0.25) is 0 Å². The van der Waals surface area contributed by atoms with E-state index in [-0.39, 0.29) is 11.9 Å². The Morgan fingerprint density at radius 2 is 2.29 bits per heavy atom. The second kappa shape index (κ2) is 5.95. The second-order valence-corrected chi connectivity index (χ2v) is 5.14. The van der Waals surface area contributed by atoms with Gasteiger partial charge in [0, 0.05) is 13.0 Å². The summed E-state index contributed by atoms with van der Waals surface area (Å²) in [6.07, 6.45) is 2.17. The van der Waals surface area contributed by atoms with Crippen molar-refractivity contribution in [2.24, 2.45) is 5.73 Å². The molecule has 1 fully saturated rings. The van der Waals surface area contributed by atoms with Gasteiger partial charge in [0.1, 0.15) is 5.60 Å². The number of ether oxygens (including phenoxy) is 2. The molecule has 84 valence electrons. The first-order valence-electron chi connectivity index (χ1n) is 5.27. The Labute approximate surface area is 90.7 Å². The molecule has 1 heterocycles. The Morgan fingerprint density at radius 1 is 1.50 bits per heavy atom. The zero-order chi connectivity index (χ0) is 10.4. The minimum atomic E-state index is -0.250. The third-order valence-corrected chi connectivity index (χ3v) is 3.49. The summed E-state index contributed by atoms with van der Waals surface area (Å²) in [6.45, 7) is 5.37. The molecule has 2 N–H and O–H groups in total. The predicted octanol–water partition coefficient (Wildman–Crippen LogP) is 1.61. The van der Waals surface area contributed by atoms with Crippen LogP contribution < -0.4 is 5.73 Å². The summed E-state index contributed by atoms with van der Waals surface area (Å²) in [7, 11) is 0. The fourth-order valence-corrected chi connectivity index (χ4v) is 2.18. The second-order valence-electron chi connectivity index (χ2n) is 3.91. The SMILES string of the molecule is CCCSCCC1OCC(C)(CN)O1. The maximum Gasteiger partial charge on any atom is 0.159 e. The molecule has 2 unspecified atom stereocenters. The van der Waals surface area contributed by atoms with Crippen LogP contribution in [-0.4, -0.2) is 36.5 Å². The van der Waals surface area contributed by atoms with E-state index in [2.05, 4.69) is 6.92 Å². The molecule has 0 aliphatic carbocycles. The molecule has 4 heteroatoms. The van der Waals surface area contributed by atoms with Crippen LogP contribution in [0.15, 0.2) is 0 Å². The van der Waals surface area contributed by atoms with Crippen molar-refractivity contribution in [1.29, 1.82) is 0 Å². The van der Waals surface area contributed by atoms with E-state index in [4.69, 9.17) is 15.2 Å². The summed E-state index contributed by atoms with van der Waals surface area (Å²) in [5.74, 6) is 2.33. The van der Waals surface area contributed by atoms with Gasteiger partial charge in [-0.25, -0.2) is 0 Å². The quantitative estimate of drug-likeness (QED) is 0.689. The molecular formula is C10H21NO2S. The highest BCUT2D eigenvalue weighted by molar-refractivity contribution is 7.99. The van der Waals surface area contributed by atoms with E-state index in [1.54, 1.807) is 0 Å². The van der Waals surface area contributed by atoms with Gasteiger partial charge in [0.25, 0.3) is 0 Å². The van der Waals surface area contributed by atoms with Crippen molar-refractivity contribution >= 4 is 11.8 Å². The average molecular weight is 219 g/mol. The molecule has 0 spiro atoms. The van der Waals surface area contributed by atoms with Gasteiger partial charge in [-0.15, -0.1) is 0 Å². The highest BCUT2D eigenvalue weighted by Crippen LogP contribution is 2.24. The molecule has 1 saturated heterocycles. The van der Waals surface area contributed by atoms with Crippen LogP contribution in [0.3, 0.4) is 0 Å². The van der Waals surface area contributed by atoms with Gasteiger partial charge in [0.15, 0.2) is 6.29 Å². The third kappa shape index (κ3) is 3.77. The first kappa shape index (κ1) is 12.3. The highest BCUT2D eigenvalue weighted by Gasteiger charge is 2.35. The third-order valence-electron chi connectivity index (χ3n) is 2.27. The molecule has 0 saturated carbocycles. The van der Waals surface area contributed by atoms with E-state index in [9.17, 15) is 0 Å². The van der Waals surface area contributed by atoms with Crippen LogP contribution in [0.5, 0.6) is 0 Å². The maximum absolute atomic E-state index is 5.72. The van der Waals surface area contributed by atoms with Crippen molar-refractivity contribution < 1.29 is 9.47 Å². The molecule has 0 aromatic heterocycles. The highest BCUT2D eigenvalue weighted by atomic mass is 32.2. The van der Waals surface area contributed by atoms with Crippen LogP contribution in [-0.2, 0) is 9.47 Å². The summed E-state index contributed by atoms with van der Waals surface area (Å²) in [6, 6.07) is 0. The molecule has 1 aliphatic heterocycles. The van der Waals surface area contributed by atoms with Crippen LogP contribution in [0.4, 0.5) is 0 Å². The molecule has 2 atom stereocenters. The Balaban J connectivity index is 2.10. The van der Waals surface area contributed by atoms with Crippen LogP contribution in [0.25, 0.3) is 0 Å². The molecule has 1 rings (SSSR count). The lowest BCUT2D eigenvalue weighted by Gasteiger charge is -2.19. The number of nitrogens with two attached hydrogens (primary N) is 1. The standard InChI is InChI=1S/C10H21NO2S/c1-3-5-14-6-4-9-12-8-10(2,7-11)13-9/h9H,3-8,11H2,1-2H3. The molecule has 3 nitrogen and oxygen atoms in total. The molecule has 0 radical (unpaired) electrons. The van der Waals surface area contributed by atoms with E-state index >= 15 is 0 Å². The zero-order valence-corrected chi connectivity index (χ0v) is 9.94. The first-order chi connectivity index (χ1) is 6.70. The maximum atomic E-state index is 5.72. The van der Waals surface area contributed by atoms with Gasteiger partial charge in [0.05, 0.1) is 6.61 Å². The fraction of sp³-hybridized carbons (Fsp3) is 1.00. The topological polar surface area (TPSA) is 44.5 Å². The minimum absolute atomic E-state index is 0.0343. The van der Waals surface area contributed by atoms with Crippen molar-refractivity contribution in [3.05, 3.63) is 0 Å². The van der Waals surface area contributed by atoms with Gasteiger partial charge < -0.3 is 15.2 Å². The number of thioether (sulfide) groups is 1. The molecule has 0 aromatic rings. The Morgan fingerprint density at radius 3 is 2.86 bits per heavy atom. The van der Waals surface area contributed by atoms with Crippen molar-refractivity contribution in [1.82, 2.24) is 0 Å². The largest absolute Gasteiger partial charge is 0.350 e. The lowest BCUT2D eigenvalue weighted by atomic mass is 10.1. The normalized spacial score (nSPS) is 32.4. The number of rotatable bonds is 6. The molecule has 0 amide bonds. The minimum Gasteiger partial charge on any atom is -0.350 e. The molecule has 0 bridgehead atoms. The summed E-state index contributed by atoms with van der Waals surface area (Å²) in [4.78, 5) is 0. The van der Waals surface area contributed by atoms with Crippen molar-refractivity contribution in [3.8, 4) is 0 Å². The van der Waals surface area contributed by atoms with Crippen molar-refractivity contribution in [3.63, 3.8) is 0 Å². The summed E-state index contributed by atoms with van der Waals surface area (Å²) < 4.78 is 11.2. The monoisotopic (exact) mass is 219 g/mol.